The third-order valence-corrected chi connectivity index (χ3v) is 2.82. The molecule has 15 heavy (non-hydrogen) atoms. The van der Waals surface area contributed by atoms with E-state index in [4.69, 9.17) is 0 Å². The summed E-state index contributed by atoms with van der Waals surface area (Å²) in [5.74, 6) is 0.311. The van der Waals surface area contributed by atoms with Crippen LogP contribution in [0.15, 0.2) is 0 Å². The van der Waals surface area contributed by atoms with Crippen molar-refractivity contribution in [2.75, 3.05) is 26.7 Å². The predicted molar refractivity (Wildman–Crippen MR) is 59.5 cm³/mol. The molecule has 0 atom stereocenters. The van der Waals surface area contributed by atoms with E-state index in [9.17, 15) is 9.90 Å². The summed E-state index contributed by atoms with van der Waals surface area (Å²) >= 11 is 0. The molecule has 0 aliphatic carbocycles. The van der Waals surface area contributed by atoms with Gasteiger partial charge in [0.25, 0.3) is 0 Å². The van der Waals surface area contributed by atoms with Crippen LogP contribution in [0.25, 0.3) is 0 Å². The lowest BCUT2D eigenvalue weighted by Gasteiger charge is -2.34. The summed E-state index contributed by atoms with van der Waals surface area (Å²) in [6.07, 6.45) is 1.80. The van der Waals surface area contributed by atoms with Gasteiger partial charge in [0, 0.05) is 19.5 Å². The smallest absolute Gasteiger partial charge is 0.222 e. The lowest BCUT2D eigenvalue weighted by molar-refractivity contribution is -0.126. The molecule has 1 rings (SSSR count). The van der Waals surface area contributed by atoms with E-state index in [2.05, 4.69) is 10.2 Å². The zero-order valence-electron chi connectivity index (χ0n) is 9.92. The number of nitrogens with one attached hydrogen (secondary N) is 1. The lowest BCUT2D eigenvalue weighted by Crippen LogP contribution is -2.45. The van der Waals surface area contributed by atoms with Crippen molar-refractivity contribution in [3.8, 4) is 0 Å². The second kappa shape index (κ2) is 4.94. The number of hydrogen-bond acceptors (Lipinski definition) is 3. The Morgan fingerprint density at radius 3 is 2.40 bits per heavy atom. The molecule has 4 nitrogen and oxygen atoms in total. The summed E-state index contributed by atoms with van der Waals surface area (Å²) in [4.78, 5) is 13.6. The van der Waals surface area contributed by atoms with E-state index in [1.807, 2.05) is 13.8 Å². The first-order chi connectivity index (χ1) is 6.92. The molecule has 1 fully saturated rings. The first kappa shape index (κ1) is 12.5. The number of amides is 1. The van der Waals surface area contributed by atoms with Gasteiger partial charge < -0.3 is 15.3 Å². The van der Waals surface area contributed by atoms with Crippen LogP contribution >= 0.6 is 0 Å². The molecule has 0 aromatic rings. The fourth-order valence-corrected chi connectivity index (χ4v) is 2.10. The third-order valence-electron chi connectivity index (χ3n) is 2.82. The van der Waals surface area contributed by atoms with Gasteiger partial charge in [0.05, 0.1) is 5.60 Å². The Kier molecular flexibility index (Phi) is 4.11. The van der Waals surface area contributed by atoms with Crippen LogP contribution in [-0.4, -0.2) is 48.2 Å². The van der Waals surface area contributed by atoms with E-state index in [1.54, 1.807) is 7.05 Å². The van der Waals surface area contributed by atoms with Crippen molar-refractivity contribution in [3.63, 3.8) is 0 Å². The molecule has 88 valence electrons. The molecular weight excluding hydrogens is 192 g/mol. The minimum Gasteiger partial charge on any atom is -0.389 e. The second-order valence-corrected chi connectivity index (χ2v) is 4.98. The van der Waals surface area contributed by atoms with E-state index in [1.165, 1.54) is 0 Å². The molecule has 0 unspecified atom stereocenters. The van der Waals surface area contributed by atoms with Gasteiger partial charge in [-0.15, -0.1) is 0 Å². The molecule has 4 heteroatoms. The maximum absolute atomic E-state index is 11.4. The monoisotopic (exact) mass is 214 g/mol. The third kappa shape index (κ3) is 4.18. The van der Waals surface area contributed by atoms with E-state index < -0.39 is 5.60 Å². The largest absolute Gasteiger partial charge is 0.389 e. The van der Waals surface area contributed by atoms with Gasteiger partial charge in [-0.25, -0.2) is 0 Å². The van der Waals surface area contributed by atoms with Crippen LogP contribution in [0.2, 0.25) is 0 Å². The minimum atomic E-state index is -0.639. The Bertz CT molecular complexity index is 215. The zero-order valence-corrected chi connectivity index (χ0v) is 9.92. The normalized spacial score (nSPS) is 20.3. The Morgan fingerprint density at radius 1 is 1.47 bits per heavy atom. The molecule has 2 N–H and O–H groups in total. The van der Waals surface area contributed by atoms with Crippen molar-refractivity contribution in [1.82, 2.24) is 10.2 Å². The van der Waals surface area contributed by atoms with Gasteiger partial charge in [0.15, 0.2) is 0 Å². The summed E-state index contributed by atoms with van der Waals surface area (Å²) < 4.78 is 0. The summed E-state index contributed by atoms with van der Waals surface area (Å²) in [7, 11) is 1.69. The van der Waals surface area contributed by atoms with E-state index in [-0.39, 0.29) is 11.8 Å². The molecule has 0 radical (unpaired) electrons. The average molecular weight is 214 g/mol. The topological polar surface area (TPSA) is 52.6 Å². The molecule has 1 aliphatic heterocycles. The SMILES string of the molecule is CNC(=O)C1CCN(CC(C)(C)O)CC1. The standard InChI is InChI=1S/C11H22N2O2/c1-11(2,15)8-13-6-4-9(5-7-13)10(14)12-3/h9,15H,4-8H2,1-3H3,(H,12,14). The van der Waals surface area contributed by atoms with Crippen LogP contribution in [0.4, 0.5) is 0 Å². The van der Waals surface area contributed by atoms with Crippen LogP contribution in [0.1, 0.15) is 26.7 Å². The van der Waals surface area contributed by atoms with Gasteiger partial charge in [-0.05, 0) is 39.8 Å². The van der Waals surface area contributed by atoms with Crippen molar-refractivity contribution in [3.05, 3.63) is 0 Å². The van der Waals surface area contributed by atoms with Crippen LogP contribution < -0.4 is 5.32 Å². The van der Waals surface area contributed by atoms with Crippen molar-refractivity contribution in [2.45, 2.75) is 32.3 Å². The fourth-order valence-electron chi connectivity index (χ4n) is 2.10. The Labute approximate surface area is 91.6 Å². The van der Waals surface area contributed by atoms with E-state index in [0.29, 0.717) is 6.54 Å². The molecule has 1 heterocycles. The van der Waals surface area contributed by atoms with Crippen molar-refractivity contribution in [2.24, 2.45) is 5.92 Å². The average Bonchev–Trinajstić information content (AvgIpc) is 2.15. The predicted octanol–water partition coefficient (Wildman–Crippen LogP) is 0.215. The quantitative estimate of drug-likeness (QED) is 0.706. The van der Waals surface area contributed by atoms with Crippen LogP contribution in [0.3, 0.4) is 0 Å². The highest BCUT2D eigenvalue weighted by atomic mass is 16.3. The Morgan fingerprint density at radius 2 is 2.00 bits per heavy atom. The highest BCUT2D eigenvalue weighted by molar-refractivity contribution is 5.78. The van der Waals surface area contributed by atoms with Crippen LogP contribution in [-0.2, 0) is 4.79 Å². The number of aliphatic hydroxyl groups is 1. The molecule has 0 spiro atoms. The number of rotatable bonds is 3. The van der Waals surface area contributed by atoms with Crippen LogP contribution in [0.5, 0.6) is 0 Å². The summed E-state index contributed by atoms with van der Waals surface area (Å²) in [6.45, 7) is 6.13. The van der Waals surface area contributed by atoms with Gasteiger partial charge in [-0.3, -0.25) is 4.79 Å². The van der Waals surface area contributed by atoms with Gasteiger partial charge in [-0.2, -0.15) is 0 Å². The molecule has 1 saturated heterocycles. The van der Waals surface area contributed by atoms with Crippen molar-refractivity contribution < 1.29 is 9.90 Å². The summed E-state index contributed by atoms with van der Waals surface area (Å²) in [5, 5.41) is 12.4. The zero-order chi connectivity index (χ0) is 11.5. The minimum absolute atomic E-state index is 0.151. The summed E-state index contributed by atoms with van der Waals surface area (Å²) in [6, 6.07) is 0. The summed E-state index contributed by atoms with van der Waals surface area (Å²) in [5.41, 5.74) is -0.639. The second-order valence-electron chi connectivity index (χ2n) is 4.98. The fraction of sp³-hybridized carbons (Fsp3) is 0.909. The van der Waals surface area contributed by atoms with Crippen molar-refractivity contribution in [1.29, 1.82) is 0 Å². The number of carbonyl (C=O) groups excluding carboxylic acids is 1. The molecule has 0 saturated carbocycles. The molecule has 0 bridgehead atoms. The van der Waals surface area contributed by atoms with Crippen LogP contribution in [0, 0.1) is 5.92 Å². The van der Waals surface area contributed by atoms with Gasteiger partial charge in [0.1, 0.15) is 0 Å². The molecule has 0 aromatic heterocycles. The first-order valence-corrected chi connectivity index (χ1v) is 5.59. The molecule has 1 aliphatic rings. The Balaban J connectivity index is 2.33. The maximum atomic E-state index is 11.4. The number of carbonyl (C=O) groups is 1. The molecular formula is C11H22N2O2. The highest BCUT2D eigenvalue weighted by Crippen LogP contribution is 2.18. The molecule has 0 aromatic carbocycles. The number of likely N-dealkylation sites (tertiary alicyclic amines) is 1. The number of hydrogen-bond donors (Lipinski definition) is 2. The van der Waals surface area contributed by atoms with Crippen molar-refractivity contribution >= 4 is 5.91 Å². The maximum Gasteiger partial charge on any atom is 0.222 e. The van der Waals surface area contributed by atoms with E-state index >= 15 is 0 Å². The number of piperidine rings is 1. The van der Waals surface area contributed by atoms with Gasteiger partial charge in [-0.1, -0.05) is 0 Å². The molecule has 1 amide bonds. The Hall–Kier alpha value is -0.610. The number of β-amino-alcohol motifs (C(OH)–C–C–N with tert-alkyl or cyclic N) is 1. The highest BCUT2D eigenvalue weighted by Gasteiger charge is 2.26. The first-order valence-electron chi connectivity index (χ1n) is 5.59. The van der Waals surface area contributed by atoms with Gasteiger partial charge in [0.2, 0.25) is 5.91 Å². The lowest BCUT2D eigenvalue weighted by atomic mass is 9.95. The van der Waals surface area contributed by atoms with Gasteiger partial charge >= 0.3 is 0 Å². The number of nitrogens with zero attached hydrogens (tertiary/aromatic N) is 1. The van der Waals surface area contributed by atoms with E-state index in [0.717, 1.165) is 25.9 Å².